The molecule has 0 aliphatic rings. The molecule has 0 radical (unpaired) electrons. The average Bonchev–Trinajstić information content (AvgIpc) is 3.70. The molecule has 0 atom stereocenters. The Labute approximate surface area is 258 Å². The topological polar surface area (TPSA) is 99.6 Å². The summed E-state index contributed by atoms with van der Waals surface area (Å²) in [4.78, 5) is 12.6. The van der Waals surface area contributed by atoms with Crippen molar-refractivity contribution in [3.63, 3.8) is 0 Å². The van der Waals surface area contributed by atoms with Crippen LogP contribution in [0.15, 0.2) is 130 Å². The molecule has 6 rings (SSSR count). The lowest BCUT2D eigenvalue weighted by Crippen LogP contribution is -2.00. The fraction of sp³-hybridized carbons (Fsp3) is 0.0571. The number of hydrogen-bond donors (Lipinski definition) is 1. The van der Waals surface area contributed by atoms with Crippen LogP contribution >= 0.6 is 11.8 Å². The largest absolute Gasteiger partial charge is 0.497 e. The number of hydrogen-bond acceptors (Lipinski definition) is 7. The van der Waals surface area contributed by atoms with Crippen LogP contribution in [0.1, 0.15) is 5.56 Å². The summed E-state index contributed by atoms with van der Waals surface area (Å²) >= 11 is 0.887. The lowest BCUT2D eigenvalue weighted by molar-refractivity contribution is -0.131. The molecule has 0 aliphatic carbocycles. The monoisotopic (exact) mass is 601 g/mol. The van der Waals surface area contributed by atoms with Crippen molar-refractivity contribution in [1.82, 2.24) is 14.8 Å². The zero-order valence-corrected chi connectivity index (χ0v) is 24.7. The fourth-order valence-electron chi connectivity index (χ4n) is 4.87. The number of benzene rings is 4. The van der Waals surface area contributed by atoms with Crippen molar-refractivity contribution in [2.24, 2.45) is 0 Å². The van der Waals surface area contributed by atoms with E-state index < -0.39 is 5.97 Å². The van der Waals surface area contributed by atoms with Crippen LogP contribution < -0.4 is 9.47 Å². The molecular formula is C35H27N3O5S. The number of methoxy groups -OCH3 is 2. The van der Waals surface area contributed by atoms with E-state index in [1.54, 1.807) is 38.5 Å². The third kappa shape index (κ3) is 5.99. The molecule has 44 heavy (non-hydrogen) atoms. The van der Waals surface area contributed by atoms with Gasteiger partial charge in [-0.15, -0.1) is 10.2 Å². The summed E-state index contributed by atoms with van der Waals surface area (Å²) in [7, 11) is 3.10. The van der Waals surface area contributed by atoms with Crippen LogP contribution in [0, 0.1) is 0 Å². The first-order chi connectivity index (χ1) is 21.5. The number of carboxylic acid groups (broad SMARTS) is 1. The van der Waals surface area contributed by atoms with Gasteiger partial charge in [-0.3, -0.25) is 0 Å². The van der Waals surface area contributed by atoms with Crippen LogP contribution in [0.25, 0.3) is 45.7 Å². The lowest BCUT2D eigenvalue weighted by Gasteiger charge is -2.15. The van der Waals surface area contributed by atoms with E-state index in [1.165, 1.54) is 0 Å². The maximum absolute atomic E-state index is 12.6. The zero-order valence-electron chi connectivity index (χ0n) is 23.9. The molecule has 1 N–H and O–H groups in total. The molecule has 9 heteroatoms. The van der Waals surface area contributed by atoms with Crippen molar-refractivity contribution in [3.05, 3.63) is 126 Å². The Balaban J connectivity index is 1.47. The van der Waals surface area contributed by atoms with Gasteiger partial charge >= 0.3 is 5.97 Å². The van der Waals surface area contributed by atoms with Crippen LogP contribution in [-0.4, -0.2) is 40.1 Å². The highest BCUT2D eigenvalue weighted by molar-refractivity contribution is 8.03. The lowest BCUT2D eigenvalue weighted by atomic mass is 10.1. The van der Waals surface area contributed by atoms with Gasteiger partial charge in [0.1, 0.15) is 16.4 Å². The highest BCUT2D eigenvalue weighted by atomic mass is 32.2. The Morgan fingerprint density at radius 2 is 1.36 bits per heavy atom. The van der Waals surface area contributed by atoms with E-state index in [2.05, 4.69) is 14.8 Å². The Morgan fingerprint density at radius 1 is 0.773 bits per heavy atom. The first-order valence-electron chi connectivity index (χ1n) is 13.7. The summed E-state index contributed by atoms with van der Waals surface area (Å²) in [6.45, 7) is 0. The van der Waals surface area contributed by atoms with Gasteiger partial charge in [0.05, 0.1) is 25.6 Å². The first-order valence-corrected chi connectivity index (χ1v) is 14.5. The minimum absolute atomic E-state index is 0.0189. The van der Waals surface area contributed by atoms with Gasteiger partial charge in [0.15, 0.2) is 0 Å². The van der Waals surface area contributed by atoms with Gasteiger partial charge in [-0.1, -0.05) is 78.9 Å². The number of rotatable bonds is 10. The summed E-state index contributed by atoms with van der Waals surface area (Å²) in [6.07, 6.45) is 1.65. The van der Waals surface area contributed by atoms with E-state index in [0.29, 0.717) is 17.1 Å². The number of nitrogens with zero attached hydrogens (tertiary/aromatic N) is 3. The standard InChI is InChI=1S/C35H27N3O5S/c1-41-28-18-26(19-29(22-28)42-2)33-36-37-35(43-33)44-31(34(39)40)21-25-20-30(23-12-6-3-7-13-23)38(27-16-10-5-11-17-27)32(25)24-14-8-4-9-15-24/h3-22H,1-2H3,(H,39,40)/b31-21-. The van der Waals surface area contributed by atoms with E-state index >= 15 is 0 Å². The minimum Gasteiger partial charge on any atom is -0.497 e. The van der Waals surface area contributed by atoms with E-state index in [-0.39, 0.29) is 16.0 Å². The highest BCUT2D eigenvalue weighted by Gasteiger charge is 2.22. The van der Waals surface area contributed by atoms with Gasteiger partial charge in [-0.25, -0.2) is 4.79 Å². The Bertz CT molecular complexity index is 1910. The maximum atomic E-state index is 12.6. The molecular weight excluding hydrogens is 574 g/mol. The fourth-order valence-corrected chi connectivity index (χ4v) is 5.53. The van der Waals surface area contributed by atoms with Crippen molar-refractivity contribution < 1.29 is 23.8 Å². The predicted octanol–water partition coefficient (Wildman–Crippen LogP) is 8.10. The molecule has 2 heterocycles. The van der Waals surface area contributed by atoms with Crippen molar-refractivity contribution in [2.45, 2.75) is 5.22 Å². The van der Waals surface area contributed by atoms with E-state index in [4.69, 9.17) is 13.9 Å². The van der Waals surface area contributed by atoms with Crippen molar-refractivity contribution >= 4 is 23.8 Å². The summed E-state index contributed by atoms with van der Waals surface area (Å²) < 4.78 is 18.7. The number of carbonyl (C=O) groups is 1. The molecule has 218 valence electrons. The van der Waals surface area contributed by atoms with Crippen LogP contribution in [0.5, 0.6) is 11.5 Å². The molecule has 0 amide bonds. The first kappa shape index (κ1) is 28.6. The third-order valence-corrected chi connectivity index (χ3v) is 7.71. The van der Waals surface area contributed by atoms with Crippen LogP contribution in [0.3, 0.4) is 0 Å². The molecule has 6 aromatic rings. The van der Waals surface area contributed by atoms with Crippen molar-refractivity contribution in [3.8, 4) is 51.2 Å². The minimum atomic E-state index is -1.12. The van der Waals surface area contributed by atoms with Crippen LogP contribution in [0.4, 0.5) is 0 Å². The third-order valence-electron chi connectivity index (χ3n) is 6.86. The number of para-hydroxylation sites is 1. The average molecular weight is 602 g/mol. The van der Waals surface area contributed by atoms with Gasteiger partial charge in [0.2, 0.25) is 5.89 Å². The number of ether oxygens (including phenoxy) is 2. The molecule has 0 fully saturated rings. The molecule has 4 aromatic carbocycles. The van der Waals surface area contributed by atoms with Gasteiger partial charge in [0.25, 0.3) is 5.22 Å². The summed E-state index contributed by atoms with van der Waals surface area (Å²) in [5.41, 5.74) is 5.96. The maximum Gasteiger partial charge on any atom is 0.342 e. The summed E-state index contributed by atoms with van der Waals surface area (Å²) in [5, 5.41) is 18.7. The van der Waals surface area contributed by atoms with E-state index in [9.17, 15) is 9.90 Å². The molecule has 0 bridgehead atoms. The molecule has 0 saturated carbocycles. The van der Waals surface area contributed by atoms with Gasteiger partial charge < -0.3 is 23.6 Å². The number of carboxylic acids is 1. The Hall–Kier alpha value is -5.54. The number of thioether (sulfide) groups is 1. The van der Waals surface area contributed by atoms with E-state index in [0.717, 1.165) is 45.5 Å². The molecule has 8 nitrogen and oxygen atoms in total. The second kappa shape index (κ2) is 12.8. The molecule has 0 saturated heterocycles. The van der Waals surface area contributed by atoms with Gasteiger partial charge in [0, 0.05) is 22.9 Å². The summed E-state index contributed by atoms with van der Waals surface area (Å²) in [6, 6.07) is 37.2. The van der Waals surface area contributed by atoms with Crippen molar-refractivity contribution in [1.29, 1.82) is 0 Å². The van der Waals surface area contributed by atoms with Crippen LogP contribution in [-0.2, 0) is 4.79 Å². The molecule has 0 aliphatic heterocycles. The van der Waals surface area contributed by atoms with Crippen molar-refractivity contribution in [2.75, 3.05) is 14.2 Å². The van der Waals surface area contributed by atoms with E-state index in [1.807, 2.05) is 97.1 Å². The molecule has 0 unspecified atom stereocenters. The smallest absolute Gasteiger partial charge is 0.342 e. The molecule has 2 aromatic heterocycles. The predicted molar refractivity (Wildman–Crippen MR) is 171 cm³/mol. The van der Waals surface area contributed by atoms with Gasteiger partial charge in [-0.2, -0.15) is 0 Å². The second-order valence-electron chi connectivity index (χ2n) is 9.63. The van der Waals surface area contributed by atoms with Gasteiger partial charge in [-0.05, 0) is 59.3 Å². The second-order valence-corrected chi connectivity index (χ2v) is 10.6. The summed E-state index contributed by atoms with van der Waals surface area (Å²) in [5.74, 6) is 0.207. The number of aliphatic carboxylic acids is 1. The number of aromatic nitrogens is 3. The normalized spacial score (nSPS) is 11.4. The zero-order chi connectivity index (χ0) is 30.5. The Kier molecular flexibility index (Phi) is 8.29. The quantitative estimate of drug-likeness (QED) is 0.124. The molecule has 0 spiro atoms. The SMILES string of the molecule is COc1cc(OC)cc(-c2nnc(S/C(=C\c3cc(-c4ccccc4)n(-c4ccccc4)c3-c3ccccc3)C(=O)O)o2)c1. The highest BCUT2D eigenvalue weighted by Crippen LogP contribution is 2.39. The van der Waals surface area contributed by atoms with Crippen LogP contribution in [0.2, 0.25) is 0 Å². The Morgan fingerprint density at radius 3 is 1.95 bits per heavy atom.